The number of pyridine rings is 1. The van der Waals surface area contributed by atoms with Crippen molar-refractivity contribution >= 4 is 52.5 Å². The van der Waals surface area contributed by atoms with Gasteiger partial charge < -0.3 is 10.4 Å². The predicted octanol–water partition coefficient (Wildman–Crippen LogP) is 2.52. The Kier molecular flexibility index (Phi) is 7.24. The fourth-order valence-corrected chi connectivity index (χ4v) is 3.54. The number of aliphatic hydroxyl groups is 1. The molecule has 0 saturated carbocycles. The lowest BCUT2D eigenvalue weighted by Crippen LogP contribution is -2.31. The summed E-state index contributed by atoms with van der Waals surface area (Å²) < 4.78 is 0. The molecule has 2 aromatic rings. The standard InChI is InChI=1S/C16H16Cl2N4O3S/c1-8-4-9(6-23)14(15(25)22-19)16(20-8)26-7-13(24)21-12-3-2-10(17)5-11(12)18/h2-5,23H,6-7,19H2,1H3,(H,21,24)(H,22,25). The minimum atomic E-state index is -0.592. The van der Waals surface area contributed by atoms with Crippen molar-refractivity contribution in [3.05, 3.63) is 51.1 Å². The van der Waals surface area contributed by atoms with Gasteiger partial charge in [-0.15, -0.1) is 0 Å². The van der Waals surface area contributed by atoms with Crippen molar-refractivity contribution in [1.82, 2.24) is 10.4 Å². The van der Waals surface area contributed by atoms with Crippen molar-refractivity contribution in [2.45, 2.75) is 18.6 Å². The van der Waals surface area contributed by atoms with Crippen molar-refractivity contribution in [3.8, 4) is 0 Å². The molecule has 1 aromatic heterocycles. The molecule has 1 aromatic carbocycles. The van der Waals surface area contributed by atoms with E-state index >= 15 is 0 Å². The number of nitrogens with one attached hydrogen (secondary N) is 2. The Morgan fingerprint density at radius 2 is 2.04 bits per heavy atom. The zero-order valence-electron chi connectivity index (χ0n) is 13.7. The molecule has 0 saturated heterocycles. The number of hydrazine groups is 1. The quantitative estimate of drug-likeness (QED) is 0.249. The van der Waals surface area contributed by atoms with E-state index in [4.69, 9.17) is 29.0 Å². The van der Waals surface area contributed by atoms with Crippen LogP contribution in [0, 0.1) is 6.92 Å². The first-order chi connectivity index (χ1) is 12.3. The highest BCUT2D eigenvalue weighted by atomic mass is 35.5. The first-order valence-electron chi connectivity index (χ1n) is 7.35. The Morgan fingerprint density at radius 1 is 1.31 bits per heavy atom. The van der Waals surface area contributed by atoms with Crippen molar-refractivity contribution < 1.29 is 14.7 Å². The highest BCUT2D eigenvalue weighted by Gasteiger charge is 2.19. The number of anilines is 1. The molecule has 0 aliphatic rings. The molecule has 0 bridgehead atoms. The van der Waals surface area contributed by atoms with E-state index in [2.05, 4.69) is 10.3 Å². The van der Waals surface area contributed by atoms with Gasteiger partial charge in [0.1, 0.15) is 5.03 Å². The van der Waals surface area contributed by atoms with E-state index in [9.17, 15) is 14.7 Å². The number of halogens is 2. The Balaban J connectivity index is 2.16. The van der Waals surface area contributed by atoms with Gasteiger partial charge in [0, 0.05) is 10.7 Å². The third-order valence-corrected chi connectivity index (χ3v) is 4.79. The number of nitrogens with two attached hydrogens (primary N) is 1. The lowest BCUT2D eigenvalue weighted by molar-refractivity contribution is -0.113. The summed E-state index contributed by atoms with van der Waals surface area (Å²) >= 11 is 12.9. The van der Waals surface area contributed by atoms with Crippen LogP contribution in [0.25, 0.3) is 0 Å². The molecule has 7 nitrogen and oxygen atoms in total. The Bertz CT molecular complexity index is 848. The highest BCUT2D eigenvalue weighted by Crippen LogP contribution is 2.27. The largest absolute Gasteiger partial charge is 0.392 e. The monoisotopic (exact) mass is 414 g/mol. The Morgan fingerprint density at radius 3 is 2.65 bits per heavy atom. The third kappa shape index (κ3) is 5.09. The number of aryl methyl sites for hydroxylation is 1. The highest BCUT2D eigenvalue weighted by molar-refractivity contribution is 8.00. The number of benzene rings is 1. The minimum absolute atomic E-state index is 0.0227. The second-order valence-electron chi connectivity index (χ2n) is 5.20. The number of carbonyl (C=O) groups excluding carboxylic acids is 2. The van der Waals surface area contributed by atoms with Gasteiger partial charge >= 0.3 is 0 Å². The number of nitrogen functional groups attached to an aromatic ring is 1. The molecule has 2 rings (SSSR count). The number of aliphatic hydroxyl groups excluding tert-OH is 1. The van der Waals surface area contributed by atoms with Crippen LogP contribution in [0.5, 0.6) is 0 Å². The topological polar surface area (TPSA) is 117 Å². The number of thioether (sulfide) groups is 1. The normalized spacial score (nSPS) is 10.5. The minimum Gasteiger partial charge on any atom is -0.392 e. The van der Waals surface area contributed by atoms with Gasteiger partial charge in [0.05, 0.1) is 28.6 Å². The summed E-state index contributed by atoms with van der Waals surface area (Å²) in [6, 6.07) is 6.30. The number of aromatic nitrogens is 1. The number of nitrogens with zero attached hydrogens (tertiary/aromatic N) is 1. The molecule has 138 valence electrons. The second kappa shape index (κ2) is 9.20. The van der Waals surface area contributed by atoms with E-state index in [0.29, 0.717) is 32.0 Å². The van der Waals surface area contributed by atoms with Crippen molar-refractivity contribution in [3.63, 3.8) is 0 Å². The predicted molar refractivity (Wildman–Crippen MR) is 102 cm³/mol. The van der Waals surface area contributed by atoms with Gasteiger partial charge in [-0.05, 0) is 36.8 Å². The molecule has 0 atom stereocenters. The first-order valence-corrected chi connectivity index (χ1v) is 9.10. The van der Waals surface area contributed by atoms with Gasteiger partial charge in [-0.2, -0.15) is 0 Å². The summed E-state index contributed by atoms with van der Waals surface area (Å²) in [6.45, 7) is 1.37. The average Bonchev–Trinajstić information content (AvgIpc) is 2.61. The number of hydrogen-bond donors (Lipinski definition) is 4. The van der Waals surface area contributed by atoms with Crippen LogP contribution in [0.1, 0.15) is 21.6 Å². The Hall–Kier alpha value is -1.84. The van der Waals surface area contributed by atoms with E-state index in [-0.39, 0.29) is 23.8 Å². The summed E-state index contributed by atoms with van der Waals surface area (Å²) in [4.78, 5) is 28.5. The van der Waals surface area contributed by atoms with Crippen LogP contribution in [0.3, 0.4) is 0 Å². The van der Waals surface area contributed by atoms with Crippen LogP contribution in [-0.4, -0.2) is 27.7 Å². The number of carbonyl (C=O) groups is 2. The van der Waals surface area contributed by atoms with Crippen molar-refractivity contribution in [2.75, 3.05) is 11.1 Å². The molecule has 0 aliphatic heterocycles. The zero-order valence-corrected chi connectivity index (χ0v) is 16.0. The van der Waals surface area contributed by atoms with Gasteiger partial charge in [0.15, 0.2) is 0 Å². The number of rotatable bonds is 6. The van der Waals surface area contributed by atoms with E-state index in [0.717, 1.165) is 11.8 Å². The molecule has 10 heteroatoms. The van der Waals surface area contributed by atoms with E-state index < -0.39 is 5.91 Å². The van der Waals surface area contributed by atoms with E-state index in [1.165, 1.54) is 6.07 Å². The molecule has 5 N–H and O–H groups in total. The zero-order chi connectivity index (χ0) is 19.3. The molecule has 0 aliphatic carbocycles. The van der Waals surface area contributed by atoms with Gasteiger partial charge in [0.25, 0.3) is 5.91 Å². The Labute approximate surface area is 164 Å². The van der Waals surface area contributed by atoms with Crippen LogP contribution in [0.4, 0.5) is 5.69 Å². The molecule has 0 radical (unpaired) electrons. The fourth-order valence-electron chi connectivity index (χ4n) is 2.17. The van der Waals surface area contributed by atoms with Gasteiger partial charge in [0.2, 0.25) is 5.91 Å². The number of amides is 2. The molecule has 1 heterocycles. The van der Waals surface area contributed by atoms with Gasteiger partial charge in [-0.3, -0.25) is 15.0 Å². The van der Waals surface area contributed by atoms with E-state index in [1.54, 1.807) is 25.1 Å². The lowest BCUT2D eigenvalue weighted by Gasteiger charge is -2.13. The van der Waals surface area contributed by atoms with Gasteiger partial charge in [-0.25, -0.2) is 10.8 Å². The fraction of sp³-hybridized carbons (Fsp3) is 0.188. The number of hydrogen-bond acceptors (Lipinski definition) is 6. The molecular formula is C16H16Cl2N4O3S. The SMILES string of the molecule is Cc1cc(CO)c(C(=O)NN)c(SCC(=O)Nc2ccc(Cl)cc2Cl)n1. The molecule has 0 unspecified atom stereocenters. The van der Waals surface area contributed by atoms with Crippen LogP contribution in [-0.2, 0) is 11.4 Å². The first kappa shape index (κ1) is 20.5. The smallest absolute Gasteiger partial charge is 0.268 e. The maximum atomic E-state index is 12.2. The second-order valence-corrected chi connectivity index (χ2v) is 7.00. The summed E-state index contributed by atoms with van der Waals surface area (Å²) in [7, 11) is 0. The van der Waals surface area contributed by atoms with Crippen LogP contribution in [0.15, 0.2) is 29.3 Å². The van der Waals surface area contributed by atoms with Crippen molar-refractivity contribution in [2.24, 2.45) is 5.84 Å². The third-order valence-electron chi connectivity index (χ3n) is 3.27. The molecular weight excluding hydrogens is 399 g/mol. The maximum Gasteiger partial charge on any atom is 0.268 e. The summed E-state index contributed by atoms with van der Waals surface area (Å²) in [5.41, 5.74) is 3.57. The molecule has 2 amide bonds. The molecule has 26 heavy (non-hydrogen) atoms. The summed E-state index contributed by atoms with van der Waals surface area (Å²) in [6.07, 6.45) is 0. The van der Waals surface area contributed by atoms with Crippen LogP contribution < -0.4 is 16.6 Å². The summed E-state index contributed by atoms with van der Waals surface area (Å²) in [5, 5.41) is 13.2. The lowest BCUT2D eigenvalue weighted by atomic mass is 10.1. The van der Waals surface area contributed by atoms with Gasteiger partial charge in [-0.1, -0.05) is 35.0 Å². The van der Waals surface area contributed by atoms with Crippen LogP contribution in [0.2, 0.25) is 10.0 Å². The average molecular weight is 415 g/mol. The van der Waals surface area contributed by atoms with E-state index in [1.807, 2.05) is 5.43 Å². The molecule has 0 fully saturated rings. The maximum absolute atomic E-state index is 12.2. The summed E-state index contributed by atoms with van der Waals surface area (Å²) in [5.74, 6) is 4.24. The van der Waals surface area contributed by atoms with Crippen molar-refractivity contribution in [1.29, 1.82) is 0 Å². The molecule has 0 spiro atoms. The van der Waals surface area contributed by atoms with Crippen LogP contribution >= 0.6 is 35.0 Å².